The van der Waals surface area contributed by atoms with Crippen LogP contribution >= 0.6 is 0 Å². The standard InChI is InChI=1S/C37H22N6O/c44-36-26-18-8-7-17-25(26)31-32(27-19-9-11-21-29(27)42-30-22-12-10-20-28(30)38-35(31)42)43(36)37-40-33(23-13-3-1-4-14-23)39-34(41-37)24-15-5-2-6-16-24/h1-22H. The zero-order chi connectivity index (χ0) is 29.2. The summed E-state index contributed by atoms with van der Waals surface area (Å²) in [6, 6.07) is 43.5. The van der Waals surface area contributed by atoms with E-state index in [0.717, 1.165) is 49.5 Å². The number of aromatic nitrogens is 6. The Bertz CT molecular complexity index is 2570. The third-order valence-corrected chi connectivity index (χ3v) is 8.16. The summed E-state index contributed by atoms with van der Waals surface area (Å²) in [7, 11) is 0. The predicted octanol–water partition coefficient (Wildman–Crippen LogP) is 7.62. The maximum Gasteiger partial charge on any atom is 0.265 e. The molecule has 0 saturated carbocycles. The zero-order valence-electron chi connectivity index (χ0n) is 23.3. The molecule has 206 valence electrons. The highest BCUT2D eigenvalue weighted by Crippen LogP contribution is 2.36. The van der Waals surface area contributed by atoms with Crippen molar-refractivity contribution in [1.82, 2.24) is 28.9 Å². The fourth-order valence-corrected chi connectivity index (χ4v) is 6.23. The van der Waals surface area contributed by atoms with Gasteiger partial charge >= 0.3 is 0 Å². The molecule has 5 aromatic carbocycles. The van der Waals surface area contributed by atoms with Gasteiger partial charge in [0.1, 0.15) is 5.65 Å². The van der Waals surface area contributed by atoms with Crippen LogP contribution in [0.3, 0.4) is 0 Å². The second kappa shape index (κ2) is 9.40. The summed E-state index contributed by atoms with van der Waals surface area (Å²) in [5.41, 5.74) is 5.75. The molecule has 7 heteroatoms. The number of hydrogen-bond acceptors (Lipinski definition) is 5. The number of benzene rings is 5. The Labute approximate surface area is 250 Å². The quantitative estimate of drug-likeness (QED) is 0.206. The fraction of sp³-hybridized carbons (Fsp3) is 0. The van der Waals surface area contributed by atoms with E-state index in [1.165, 1.54) is 0 Å². The zero-order valence-corrected chi connectivity index (χ0v) is 23.3. The van der Waals surface area contributed by atoms with Crippen molar-refractivity contribution in [2.45, 2.75) is 0 Å². The van der Waals surface area contributed by atoms with Crippen molar-refractivity contribution in [3.8, 4) is 28.7 Å². The van der Waals surface area contributed by atoms with Crippen LogP contribution in [-0.4, -0.2) is 28.9 Å². The summed E-state index contributed by atoms with van der Waals surface area (Å²) in [4.78, 5) is 34.5. The lowest BCUT2D eigenvalue weighted by molar-refractivity contribution is 0.909. The summed E-state index contributed by atoms with van der Waals surface area (Å²) < 4.78 is 3.84. The molecule has 0 spiro atoms. The molecule has 4 heterocycles. The van der Waals surface area contributed by atoms with E-state index >= 15 is 0 Å². The van der Waals surface area contributed by atoms with Crippen molar-refractivity contribution in [3.63, 3.8) is 0 Å². The predicted molar refractivity (Wildman–Crippen MR) is 175 cm³/mol. The number of hydrogen-bond donors (Lipinski definition) is 0. The maximum absolute atomic E-state index is 14.6. The van der Waals surface area contributed by atoms with Gasteiger partial charge in [-0.05, 0) is 24.3 Å². The van der Waals surface area contributed by atoms with Gasteiger partial charge in [-0.2, -0.15) is 9.97 Å². The minimum atomic E-state index is -0.206. The molecule has 0 atom stereocenters. The van der Waals surface area contributed by atoms with E-state index in [9.17, 15) is 4.79 Å². The van der Waals surface area contributed by atoms with E-state index in [1.807, 2.05) is 121 Å². The van der Waals surface area contributed by atoms with Crippen molar-refractivity contribution in [2.75, 3.05) is 0 Å². The molecule has 0 saturated heterocycles. The lowest BCUT2D eigenvalue weighted by Crippen LogP contribution is -2.23. The average molecular weight is 567 g/mol. The van der Waals surface area contributed by atoms with E-state index < -0.39 is 0 Å². The first-order valence-corrected chi connectivity index (χ1v) is 14.4. The number of rotatable bonds is 3. The Morgan fingerprint density at radius 3 is 1.70 bits per heavy atom. The van der Waals surface area contributed by atoms with Crippen LogP contribution in [0.2, 0.25) is 0 Å². The first-order valence-electron chi connectivity index (χ1n) is 14.4. The highest BCUT2D eigenvalue weighted by atomic mass is 16.1. The Kier molecular flexibility index (Phi) is 5.21. The molecule has 0 unspecified atom stereocenters. The van der Waals surface area contributed by atoms with Gasteiger partial charge < -0.3 is 0 Å². The van der Waals surface area contributed by atoms with Gasteiger partial charge in [0.05, 0.1) is 27.5 Å². The molecule has 44 heavy (non-hydrogen) atoms. The highest BCUT2D eigenvalue weighted by Gasteiger charge is 2.23. The van der Waals surface area contributed by atoms with Crippen LogP contribution in [0, 0.1) is 0 Å². The molecule has 7 nitrogen and oxygen atoms in total. The summed E-state index contributed by atoms with van der Waals surface area (Å²) in [5.74, 6) is 1.23. The maximum atomic E-state index is 14.6. The minimum Gasteiger partial charge on any atom is -0.292 e. The summed E-state index contributed by atoms with van der Waals surface area (Å²) in [5, 5.41) is 3.14. The number of fused-ring (bicyclic) bond motifs is 10. The van der Waals surface area contributed by atoms with E-state index in [-0.39, 0.29) is 11.5 Å². The SMILES string of the molecule is O=c1c2ccccc2c2c(c3ccccc3n3c4ccccc4nc23)n1-c1nc(-c2ccccc2)nc(-c2ccccc2)n1. The van der Waals surface area contributed by atoms with Gasteiger partial charge in [0.15, 0.2) is 11.6 Å². The number of nitrogens with zero attached hydrogens (tertiary/aromatic N) is 6. The third-order valence-electron chi connectivity index (χ3n) is 8.16. The van der Waals surface area contributed by atoms with E-state index in [2.05, 4.69) is 16.5 Å². The molecule has 0 aliphatic carbocycles. The Morgan fingerprint density at radius 1 is 0.477 bits per heavy atom. The van der Waals surface area contributed by atoms with Gasteiger partial charge in [-0.25, -0.2) is 14.5 Å². The molecule has 0 N–H and O–H groups in total. The van der Waals surface area contributed by atoms with Crippen LogP contribution in [0.5, 0.6) is 0 Å². The van der Waals surface area contributed by atoms with Crippen LogP contribution in [0.4, 0.5) is 0 Å². The number of imidazole rings is 1. The number of pyridine rings is 2. The first kappa shape index (κ1) is 24.4. The van der Waals surface area contributed by atoms with Crippen molar-refractivity contribution < 1.29 is 0 Å². The summed E-state index contributed by atoms with van der Waals surface area (Å²) in [6.45, 7) is 0. The molecule has 0 amide bonds. The molecule has 0 fully saturated rings. The first-order chi connectivity index (χ1) is 21.8. The van der Waals surface area contributed by atoms with Gasteiger partial charge in [0.25, 0.3) is 5.56 Å². The lowest BCUT2D eigenvalue weighted by atomic mass is 10.0. The van der Waals surface area contributed by atoms with Gasteiger partial charge in [-0.1, -0.05) is 109 Å². The van der Waals surface area contributed by atoms with E-state index in [1.54, 1.807) is 4.57 Å². The topological polar surface area (TPSA) is 78.0 Å². The van der Waals surface area contributed by atoms with Crippen LogP contribution in [-0.2, 0) is 0 Å². The molecular weight excluding hydrogens is 544 g/mol. The number of para-hydroxylation sites is 3. The largest absolute Gasteiger partial charge is 0.292 e. The lowest BCUT2D eigenvalue weighted by Gasteiger charge is -2.17. The van der Waals surface area contributed by atoms with Crippen molar-refractivity contribution >= 4 is 49.3 Å². The average Bonchev–Trinajstić information content (AvgIpc) is 3.49. The highest BCUT2D eigenvalue weighted by molar-refractivity contribution is 6.21. The molecule has 4 aromatic heterocycles. The fourth-order valence-electron chi connectivity index (χ4n) is 6.23. The van der Waals surface area contributed by atoms with Crippen molar-refractivity contribution in [1.29, 1.82) is 0 Å². The van der Waals surface area contributed by atoms with Crippen LogP contribution in [0.1, 0.15) is 0 Å². The molecular formula is C37H22N6O. The van der Waals surface area contributed by atoms with Crippen molar-refractivity contribution in [2.24, 2.45) is 0 Å². The van der Waals surface area contributed by atoms with Gasteiger partial charge in [-0.15, -0.1) is 0 Å². The minimum absolute atomic E-state index is 0.206. The molecule has 0 radical (unpaired) electrons. The summed E-state index contributed by atoms with van der Waals surface area (Å²) >= 11 is 0. The smallest absolute Gasteiger partial charge is 0.265 e. The summed E-state index contributed by atoms with van der Waals surface area (Å²) in [6.07, 6.45) is 0. The molecule has 0 bridgehead atoms. The van der Waals surface area contributed by atoms with Crippen LogP contribution in [0.15, 0.2) is 138 Å². The van der Waals surface area contributed by atoms with E-state index in [0.29, 0.717) is 22.6 Å². The van der Waals surface area contributed by atoms with E-state index in [4.69, 9.17) is 19.9 Å². The normalized spacial score (nSPS) is 11.7. The second-order valence-corrected chi connectivity index (χ2v) is 10.7. The Balaban J connectivity index is 1.52. The van der Waals surface area contributed by atoms with Crippen LogP contribution < -0.4 is 5.56 Å². The van der Waals surface area contributed by atoms with Gasteiger partial charge in [-0.3, -0.25) is 9.20 Å². The molecule has 9 rings (SSSR count). The van der Waals surface area contributed by atoms with Gasteiger partial charge in [0, 0.05) is 27.3 Å². The monoisotopic (exact) mass is 566 g/mol. The Morgan fingerprint density at radius 2 is 1.02 bits per heavy atom. The van der Waals surface area contributed by atoms with Gasteiger partial charge in [0.2, 0.25) is 5.95 Å². The second-order valence-electron chi connectivity index (χ2n) is 10.7. The Hall–Kier alpha value is -6.21. The van der Waals surface area contributed by atoms with Crippen LogP contribution in [0.25, 0.3) is 78.0 Å². The molecule has 9 aromatic rings. The third kappa shape index (κ3) is 3.53. The van der Waals surface area contributed by atoms with Crippen molar-refractivity contribution in [3.05, 3.63) is 144 Å². The molecule has 0 aliphatic heterocycles. The molecule has 0 aliphatic rings.